The summed E-state index contributed by atoms with van der Waals surface area (Å²) in [6.45, 7) is 5.59. The minimum absolute atomic E-state index is 0.0455. The number of rotatable bonds is 8. The Labute approximate surface area is 297 Å². The Bertz CT molecular complexity index is 1900. The highest BCUT2D eigenvalue weighted by molar-refractivity contribution is 6.72. The number of piperidine rings is 1. The molecule has 2 saturated heterocycles. The number of aliphatic hydroxyl groups is 1. The van der Waals surface area contributed by atoms with Crippen molar-refractivity contribution in [3.63, 3.8) is 0 Å². The predicted octanol–water partition coefficient (Wildman–Crippen LogP) is 5.77. The van der Waals surface area contributed by atoms with Gasteiger partial charge in [0.05, 0.1) is 42.3 Å². The Morgan fingerprint density at radius 3 is 2.55 bits per heavy atom. The lowest BCUT2D eigenvalue weighted by molar-refractivity contribution is -0.385. The average molecular weight is 715 g/mol. The molecular formula is C38H43FN4O7Si. The zero-order chi connectivity index (χ0) is 36.2. The van der Waals surface area contributed by atoms with E-state index < -0.39 is 48.4 Å². The van der Waals surface area contributed by atoms with E-state index in [0.29, 0.717) is 31.6 Å². The minimum Gasteiger partial charge on any atom is -0.394 e. The van der Waals surface area contributed by atoms with E-state index in [1.807, 2.05) is 48.5 Å². The molecule has 5 atom stereocenters. The molecule has 3 aromatic rings. The van der Waals surface area contributed by atoms with Crippen molar-refractivity contribution in [2.75, 3.05) is 23.0 Å². The van der Waals surface area contributed by atoms with E-state index >= 15 is 4.11 Å². The maximum Gasteiger partial charge on any atom is 0.269 e. The van der Waals surface area contributed by atoms with Crippen LogP contribution in [0.1, 0.15) is 54.9 Å². The number of hydrogen-bond donors (Lipinski definition) is 1. The number of nitro benzene ring substituents is 1. The summed E-state index contributed by atoms with van der Waals surface area (Å²) in [5.41, 5.74) is 1.44. The summed E-state index contributed by atoms with van der Waals surface area (Å²) in [6, 6.07) is 19.0. The van der Waals surface area contributed by atoms with Crippen LogP contribution in [0.4, 0.5) is 21.2 Å². The van der Waals surface area contributed by atoms with Gasteiger partial charge in [-0.15, -0.1) is 0 Å². The van der Waals surface area contributed by atoms with Gasteiger partial charge in [-0.2, -0.15) is 0 Å². The van der Waals surface area contributed by atoms with Gasteiger partial charge in [0.1, 0.15) is 0 Å². The van der Waals surface area contributed by atoms with Crippen LogP contribution in [0.15, 0.2) is 66.7 Å². The van der Waals surface area contributed by atoms with E-state index in [0.717, 1.165) is 35.2 Å². The average Bonchev–Trinajstić information content (AvgIpc) is 3.53. The number of nitro groups is 1. The van der Waals surface area contributed by atoms with Crippen LogP contribution in [0.2, 0.25) is 18.6 Å². The Morgan fingerprint density at radius 1 is 1.08 bits per heavy atom. The highest BCUT2D eigenvalue weighted by Crippen LogP contribution is 2.60. The van der Waals surface area contributed by atoms with Gasteiger partial charge in [-0.05, 0) is 67.2 Å². The molecule has 1 spiro atoms. The molecule has 3 amide bonds. The summed E-state index contributed by atoms with van der Waals surface area (Å²) in [5.74, 6) is -1.49. The summed E-state index contributed by atoms with van der Waals surface area (Å²) in [6.07, 6.45) is 1.51. The number of carbonyl (C=O) groups is 3. The number of aliphatic hydroxyl groups excluding tert-OH is 1. The fourth-order valence-corrected chi connectivity index (χ4v) is 11.4. The number of benzene rings is 3. The van der Waals surface area contributed by atoms with Crippen LogP contribution in [0.3, 0.4) is 0 Å². The van der Waals surface area contributed by atoms with Crippen LogP contribution in [-0.4, -0.2) is 66.4 Å². The smallest absolute Gasteiger partial charge is 0.269 e. The fourth-order valence-electron chi connectivity index (χ4n) is 8.92. The van der Waals surface area contributed by atoms with E-state index in [1.54, 1.807) is 29.8 Å². The zero-order valence-electron chi connectivity index (χ0n) is 29.1. The maximum atomic E-state index is 16.5. The fraction of sp³-hybridized carbons (Fsp3) is 0.447. The Morgan fingerprint density at radius 2 is 1.84 bits per heavy atom. The normalized spacial score (nSPS) is 26.1. The highest BCUT2D eigenvalue weighted by atomic mass is 28.4. The first-order valence-electron chi connectivity index (χ1n) is 17.7. The molecule has 2 fully saturated rings. The molecule has 11 nitrogen and oxygen atoms in total. The number of carbonyl (C=O) groups excluding carboxylic acids is 3. The number of ether oxygens (including phenoxy) is 1. The summed E-state index contributed by atoms with van der Waals surface area (Å²) >= 11 is 0. The van der Waals surface area contributed by atoms with Crippen LogP contribution >= 0.6 is 0 Å². The summed E-state index contributed by atoms with van der Waals surface area (Å²) in [5, 5.41) is 22.3. The van der Waals surface area contributed by atoms with Crippen LogP contribution in [0.5, 0.6) is 0 Å². The van der Waals surface area contributed by atoms with Gasteiger partial charge < -0.3 is 28.7 Å². The van der Waals surface area contributed by atoms with E-state index in [9.17, 15) is 29.6 Å². The van der Waals surface area contributed by atoms with E-state index in [-0.39, 0.29) is 42.6 Å². The number of halogens is 1. The van der Waals surface area contributed by atoms with Gasteiger partial charge in [-0.25, -0.2) is 0 Å². The Kier molecular flexibility index (Phi) is 9.09. The molecule has 268 valence electrons. The number of amides is 3. The second kappa shape index (κ2) is 13.3. The van der Waals surface area contributed by atoms with E-state index in [1.165, 1.54) is 23.1 Å². The number of non-ortho nitro benzene ring substituents is 1. The number of fused-ring (bicyclic) bond motifs is 3. The van der Waals surface area contributed by atoms with Crippen LogP contribution in [0, 0.1) is 16.0 Å². The van der Waals surface area contributed by atoms with Crippen molar-refractivity contribution in [1.82, 2.24) is 4.90 Å². The van der Waals surface area contributed by atoms with Crippen LogP contribution < -0.4 is 9.80 Å². The highest BCUT2D eigenvalue weighted by Gasteiger charge is 2.67. The van der Waals surface area contributed by atoms with Gasteiger partial charge in [0, 0.05) is 54.4 Å². The van der Waals surface area contributed by atoms with Gasteiger partial charge >= 0.3 is 0 Å². The Hall–Kier alpha value is -4.46. The topological polar surface area (TPSA) is 134 Å². The van der Waals surface area contributed by atoms with Crippen molar-refractivity contribution in [2.45, 2.75) is 88.5 Å². The molecule has 7 rings (SSSR count). The Balaban J connectivity index is 1.24. The third-order valence-electron chi connectivity index (χ3n) is 11.3. The molecular weight excluding hydrogens is 672 g/mol. The van der Waals surface area contributed by atoms with Crippen molar-refractivity contribution >= 4 is 43.2 Å². The molecule has 4 aliphatic rings. The first-order chi connectivity index (χ1) is 24.3. The zero-order valence-corrected chi connectivity index (χ0v) is 30.1. The van der Waals surface area contributed by atoms with Crippen LogP contribution in [-0.2, 0) is 44.2 Å². The van der Waals surface area contributed by atoms with Crippen molar-refractivity contribution in [3.05, 3.63) is 99.1 Å². The molecule has 0 radical (unpaired) electrons. The number of nitrogens with zero attached hydrogens (tertiary/aromatic N) is 4. The van der Waals surface area contributed by atoms with Crippen molar-refractivity contribution in [1.29, 1.82) is 0 Å². The molecule has 4 aliphatic heterocycles. The third kappa shape index (κ3) is 6.04. The van der Waals surface area contributed by atoms with Crippen molar-refractivity contribution < 1.29 is 33.3 Å². The van der Waals surface area contributed by atoms with Crippen molar-refractivity contribution in [3.8, 4) is 0 Å². The standard InChI is InChI=1S/C38H43FN4O7Si/c1-24-36(51(2,3)39)33(20-35(46)41-22-27-11-5-4-10-26(27)18-30(41)23-44)50-38(24)31-19-29(43(48)49)14-15-32(31)42(37(38)47)21-25-9-8-12-28(17-25)40-16-7-6-13-34(40)45/h4-5,8-12,14-15,17,19,24,30,33,36,44H,6-7,13,16,18,20-23H2,1-3H3/t24-,30+,33+,36-,38+/m1/s1. The summed E-state index contributed by atoms with van der Waals surface area (Å²) in [4.78, 5) is 58.1. The van der Waals surface area contributed by atoms with Gasteiger partial charge in [0.25, 0.3) is 11.6 Å². The molecule has 51 heavy (non-hydrogen) atoms. The molecule has 0 aliphatic carbocycles. The molecule has 0 aromatic heterocycles. The quantitative estimate of drug-likeness (QED) is 0.136. The van der Waals surface area contributed by atoms with E-state index in [2.05, 4.69) is 0 Å². The molecule has 4 heterocycles. The lowest BCUT2D eigenvalue weighted by atomic mass is 9.82. The minimum atomic E-state index is -3.65. The molecule has 0 bridgehead atoms. The molecule has 3 aromatic carbocycles. The molecule has 13 heteroatoms. The maximum absolute atomic E-state index is 16.5. The first-order valence-corrected chi connectivity index (χ1v) is 20.6. The third-order valence-corrected chi connectivity index (χ3v) is 13.8. The van der Waals surface area contributed by atoms with Gasteiger partial charge in [0.15, 0.2) is 5.60 Å². The molecule has 0 unspecified atom stereocenters. The second-order valence-corrected chi connectivity index (χ2v) is 18.6. The second-order valence-electron chi connectivity index (χ2n) is 14.8. The van der Waals surface area contributed by atoms with E-state index in [4.69, 9.17) is 4.74 Å². The largest absolute Gasteiger partial charge is 0.394 e. The predicted molar refractivity (Wildman–Crippen MR) is 191 cm³/mol. The SMILES string of the molecule is C[C@@H]1[C@@H]([Si](C)(C)F)[C@H](CC(=O)N2Cc3ccccc3C[C@H]2CO)O[C@@]12C(=O)N(Cc1cccc(N3CCCCC3=O)c1)c1ccc([N+](=O)[O-])cc12. The number of hydrogen-bond acceptors (Lipinski definition) is 7. The van der Waals surface area contributed by atoms with Crippen molar-refractivity contribution in [2.24, 2.45) is 5.92 Å². The van der Waals surface area contributed by atoms with Gasteiger partial charge in [-0.1, -0.05) is 43.3 Å². The lowest BCUT2D eigenvalue weighted by Gasteiger charge is -2.37. The summed E-state index contributed by atoms with van der Waals surface area (Å²) in [7, 11) is -3.65. The molecule has 0 saturated carbocycles. The lowest BCUT2D eigenvalue weighted by Crippen LogP contribution is -2.48. The molecule has 1 N–H and O–H groups in total. The van der Waals surface area contributed by atoms with Gasteiger partial charge in [0.2, 0.25) is 20.2 Å². The monoisotopic (exact) mass is 714 g/mol. The number of anilines is 2. The van der Waals surface area contributed by atoms with Gasteiger partial charge in [-0.3, -0.25) is 24.5 Å². The first kappa shape index (κ1) is 35.0. The summed E-state index contributed by atoms with van der Waals surface area (Å²) < 4.78 is 23.3. The van der Waals surface area contributed by atoms with Crippen LogP contribution in [0.25, 0.3) is 0 Å².